The van der Waals surface area contributed by atoms with Gasteiger partial charge in [0.1, 0.15) is 5.82 Å². The molecule has 3 N–H and O–H groups in total. The van der Waals surface area contributed by atoms with Gasteiger partial charge in [0.05, 0.1) is 11.1 Å². The molecule has 0 amide bonds. The van der Waals surface area contributed by atoms with Gasteiger partial charge in [0, 0.05) is 14.2 Å². The van der Waals surface area contributed by atoms with Crippen molar-refractivity contribution >= 4 is 11.6 Å². The molecule has 6 heteroatoms. The molecule has 0 aliphatic rings. The van der Waals surface area contributed by atoms with Crippen LogP contribution in [0, 0.1) is 5.82 Å². The second-order valence-electron chi connectivity index (χ2n) is 3.53. The fourth-order valence-corrected chi connectivity index (χ4v) is 1.80. The van der Waals surface area contributed by atoms with Crippen LogP contribution in [0.1, 0.15) is 5.56 Å². The highest BCUT2D eigenvalue weighted by Crippen LogP contribution is 2.20. The summed E-state index contributed by atoms with van der Waals surface area (Å²) in [5.41, 5.74) is 3.00. The molecule has 0 saturated carbocycles. The molecule has 0 aromatic heterocycles. The average Bonchev–Trinajstić information content (AvgIpc) is 2.34. The minimum atomic E-state index is -0.557. The number of hydrogen-bond acceptors (Lipinski definition) is 4. The second kappa shape index (κ2) is 6.88. The molecule has 0 aliphatic heterocycles. The zero-order chi connectivity index (χ0) is 12.8. The predicted octanol–water partition coefficient (Wildman–Crippen LogP) is 1.47. The fourth-order valence-electron chi connectivity index (χ4n) is 1.60. The molecule has 4 nitrogen and oxygen atoms in total. The van der Waals surface area contributed by atoms with Gasteiger partial charge in [0.25, 0.3) is 0 Å². The monoisotopic (exact) mass is 262 g/mol. The van der Waals surface area contributed by atoms with Crippen LogP contribution in [0.5, 0.6) is 0 Å². The maximum atomic E-state index is 13.7. The molecule has 0 spiro atoms. The van der Waals surface area contributed by atoms with E-state index < -0.39 is 12.1 Å². The quantitative estimate of drug-likeness (QED) is 0.463. The Labute approximate surface area is 105 Å². The van der Waals surface area contributed by atoms with Crippen LogP contribution in [0.2, 0.25) is 5.02 Å². The summed E-state index contributed by atoms with van der Waals surface area (Å²) in [6, 6.07) is 4.46. The Morgan fingerprint density at radius 2 is 2.06 bits per heavy atom. The molecular weight excluding hydrogens is 247 g/mol. The molecule has 0 bridgehead atoms. The summed E-state index contributed by atoms with van der Waals surface area (Å²) in [5, 5.41) is 0.0876. The van der Waals surface area contributed by atoms with Crippen LogP contribution in [-0.4, -0.2) is 26.6 Å². The second-order valence-corrected chi connectivity index (χ2v) is 3.94. The van der Waals surface area contributed by atoms with Crippen molar-refractivity contribution in [1.82, 2.24) is 5.43 Å². The Hall–Kier alpha value is -0.720. The molecule has 0 radical (unpaired) electrons. The highest BCUT2D eigenvalue weighted by Gasteiger charge is 2.21. The van der Waals surface area contributed by atoms with Crippen LogP contribution in [-0.2, 0) is 15.9 Å². The van der Waals surface area contributed by atoms with Gasteiger partial charge in [-0.3, -0.25) is 11.3 Å². The minimum Gasteiger partial charge on any atom is -0.354 e. The van der Waals surface area contributed by atoms with Crippen molar-refractivity contribution in [2.75, 3.05) is 14.2 Å². The molecule has 17 heavy (non-hydrogen) atoms. The minimum absolute atomic E-state index is 0.0876. The van der Waals surface area contributed by atoms with Crippen LogP contribution in [0.3, 0.4) is 0 Å². The van der Waals surface area contributed by atoms with E-state index in [2.05, 4.69) is 5.43 Å². The van der Waals surface area contributed by atoms with Gasteiger partial charge in [-0.25, -0.2) is 4.39 Å². The molecular formula is C11H16ClFN2O2. The number of ether oxygens (including phenoxy) is 2. The number of nitrogens with one attached hydrogen (secondary N) is 1. The molecule has 1 atom stereocenters. The summed E-state index contributed by atoms with van der Waals surface area (Å²) >= 11 is 5.70. The lowest BCUT2D eigenvalue weighted by molar-refractivity contribution is -0.122. The zero-order valence-corrected chi connectivity index (χ0v) is 10.5. The SMILES string of the molecule is COC(OC)C(Cc1cccc(Cl)c1F)NN. The molecule has 0 aliphatic carbocycles. The van der Waals surface area contributed by atoms with E-state index in [4.69, 9.17) is 26.9 Å². The molecule has 0 heterocycles. The number of hydrazine groups is 1. The van der Waals surface area contributed by atoms with Gasteiger partial charge in [-0.1, -0.05) is 23.7 Å². The molecule has 1 rings (SSSR count). The first-order valence-electron chi connectivity index (χ1n) is 5.08. The Bertz CT molecular complexity index is 361. The van der Waals surface area contributed by atoms with Gasteiger partial charge >= 0.3 is 0 Å². The smallest absolute Gasteiger partial charge is 0.173 e. The number of nitrogens with two attached hydrogens (primary N) is 1. The van der Waals surface area contributed by atoms with Crippen LogP contribution in [0.15, 0.2) is 18.2 Å². The van der Waals surface area contributed by atoms with Crippen molar-refractivity contribution in [3.8, 4) is 0 Å². The van der Waals surface area contributed by atoms with Crippen molar-refractivity contribution in [1.29, 1.82) is 0 Å². The summed E-state index contributed by atoms with van der Waals surface area (Å²) in [7, 11) is 2.99. The number of halogens is 2. The molecule has 1 aromatic carbocycles. The van der Waals surface area contributed by atoms with Crippen molar-refractivity contribution in [2.24, 2.45) is 5.84 Å². The lowest BCUT2D eigenvalue weighted by atomic mass is 10.1. The zero-order valence-electron chi connectivity index (χ0n) is 9.74. The van der Waals surface area contributed by atoms with Gasteiger partial charge in [-0.15, -0.1) is 0 Å². The van der Waals surface area contributed by atoms with Gasteiger partial charge in [-0.05, 0) is 18.1 Å². The van der Waals surface area contributed by atoms with E-state index in [1.54, 1.807) is 12.1 Å². The average molecular weight is 263 g/mol. The third-order valence-electron chi connectivity index (χ3n) is 2.48. The summed E-state index contributed by atoms with van der Waals surface area (Å²) in [6.45, 7) is 0. The molecule has 96 valence electrons. The van der Waals surface area contributed by atoms with E-state index in [1.807, 2.05) is 0 Å². The number of rotatable bonds is 6. The highest BCUT2D eigenvalue weighted by atomic mass is 35.5. The van der Waals surface area contributed by atoms with Crippen LogP contribution in [0.4, 0.5) is 4.39 Å². The topological polar surface area (TPSA) is 56.5 Å². The van der Waals surface area contributed by atoms with Gasteiger partial charge in [0.2, 0.25) is 0 Å². The maximum Gasteiger partial charge on any atom is 0.173 e. The van der Waals surface area contributed by atoms with E-state index in [9.17, 15) is 4.39 Å². The number of benzene rings is 1. The van der Waals surface area contributed by atoms with E-state index in [0.29, 0.717) is 12.0 Å². The van der Waals surface area contributed by atoms with Crippen molar-refractivity contribution in [2.45, 2.75) is 18.8 Å². The van der Waals surface area contributed by atoms with Crippen LogP contribution >= 0.6 is 11.6 Å². The van der Waals surface area contributed by atoms with Crippen LogP contribution in [0.25, 0.3) is 0 Å². The maximum absolute atomic E-state index is 13.7. The van der Waals surface area contributed by atoms with Gasteiger partial charge < -0.3 is 9.47 Å². The predicted molar refractivity (Wildman–Crippen MR) is 64.0 cm³/mol. The molecule has 1 unspecified atom stereocenters. The van der Waals surface area contributed by atoms with Crippen molar-refractivity contribution in [3.63, 3.8) is 0 Å². The third-order valence-corrected chi connectivity index (χ3v) is 2.77. The summed E-state index contributed by atoms with van der Waals surface area (Å²) in [4.78, 5) is 0. The third kappa shape index (κ3) is 3.62. The summed E-state index contributed by atoms with van der Waals surface area (Å²) in [5.74, 6) is 4.95. The molecule has 0 saturated heterocycles. The normalized spacial score (nSPS) is 13.1. The summed E-state index contributed by atoms with van der Waals surface area (Å²) in [6.07, 6.45) is -0.242. The number of methoxy groups -OCH3 is 2. The van der Waals surface area contributed by atoms with E-state index >= 15 is 0 Å². The van der Waals surface area contributed by atoms with Crippen LogP contribution < -0.4 is 11.3 Å². The first-order valence-corrected chi connectivity index (χ1v) is 5.46. The Morgan fingerprint density at radius 1 is 1.41 bits per heavy atom. The van der Waals surface area contributed by atoms with Gasteiger partial charge in [0.15, 0.2) is 6.29 Å². The number of hydrogen-bond donors (Lipinski definition) is 2. The lowest BCUT2D eigenvalue weighted by Crippen LogP contribution is -2.47. The Kier molecular flexibility index (Phi) is 5.80. The van der Waals surface area contributed by atoms with E-state index in [-0.39, 0.29) is 11.1 Å². The largest absolute Gasteiger partial charge is 0.354 e. The Morgan fingerprint density at radius 3 is 2.59 bits per heavy atom. The Balaban J connectivity index is 2.83. The van der Waals surface area contributed by atoms with E-state index in [1.165, 1.54) is 20.3 Å². The standard InChI is InChI=1S/C11H16ClFN2O2/c1-16-11(17-2)9(15-14)6-7-4-3-5-8(12)10(7)13/h3-5,9,11,15H,6,14H2,1-2H3. The first-order chi connectivity index (χ1) is 8.13. The van der Waals surface area contributed by atoms with E-state index in [0.717, 1.165) is 0 Å². The van der Waals surface area contributed by atoms with Gasteiger partial charge in [-0.2, -0.15) is 0 Å². The summed E-state index contributed by atoms with van der Waals surface area (Å²) < 4.78 is 23.8. The fraction of sp³-hybridized carbons (Fsp3) is 0.455. The van der Waals surface area contributed by atoms with Crippen molar-refractivity contribution in [3.05, 3.63) is 34.6 Å². The molecule has 0 fully saturated rings. The van der Waals surface area contributed by atoms with Crippen molar-refractivity contribution < 1.29 is 13.9 Å². The lowest BCUT2D eigenvalue weighted by Gasteiger charge is -2.24. The molecule has 1 aromatic rings. The highest BCUT2D eigenvalue weighted by molar-refractivity contribution is 6.30. The first kappa shape index (κ1) is 14.3.